The van der Waals surface area contributed by atoms with Gasteiger partial charge in [-0.15, -0.1) is 0 Å². The molecule has 2 heteroatoms. The molecule has 4 aromatic carbocycles. The molecule has 1 heterocycles. The van der Waals surface area contributed by atoms with E-state index < -0.39 is 0 Å². The number of fused-ring (bicyclic) bond motifs is 4. The summed E-state index contributed by atoms with van der Waals surface area (Å²) in [5, 5.41) is 1.07. The molecule has 1 aliphatic carbocycles. The Hall–Kier alpha value is -3.78. The SMILES string of the molecule is CC1(C)c2ccccc2-c2c(-c3nc(-c4ccccc4)c4ccccc4n3)cccc2C1(C)C. The van der Waals surface area contributed by atoms with Crippen LogP contribution in [0.5, 0.6) is 0 Å². The van der Waals surface area contributed by atoms with Crippen LogP contribution in [0.4, 0.5) is 0 Å². The third-order valence-electron chi connectivity index (χ3n) is 8.06. The minimum atomic E-state index is -0.0498. The molecular formula is C32H28N2. The molecule has 0 spiro atoms. The van der Waals surface area contributed by atoms with Crippen molar-refractivity contribution < 1.29 is 0 Å². The maximum absolute atomic E-state index is 5.20. The summed E-state index contributed by atoms with van der Waals surface area (Å²) in [6.07, 6.45) is 0. The molecular weight excluding hydrogens is 412 g/mol. The summed E-state index contributed by atoms with van der Waals surface area (Å²) < 4.78 is 0. The first-order chi connectivity index (χ1) is 16.4. The molecule has 166 valence electrons. The van der Waals surface area contributed by atoms with Crippen LogP contribution in [0.2, 0.25) is 0 Å². The van der Waals surface area contributed by atoms with Crippen molar-refractivity contribution in [2.75, 3.05) is 0 Å². The molecule has 2 nitrogen and oxygen atoms in total. The number of hydrogen-bond acceptors (Lipinski definition) is 2. The molecule has 1 aromatic heterocycles. The number of benzene rings is 4. The molecule has 0 aliphatic heterocycles. The number of hydrogen-bond donors (Lipinski definition) is 0. The van der Waals surface area contributed by atoms with E-state index in [1.165, 1.54) is 22.3 Å². The fourth-order valence-corrected chi connectivity index (χ4v) is 5.48. The van der Waals surface area contributed by atoms with Crippen LogP contribution in [0, 0.1) is 0 Å². The van der Waals surface area contributed by atoms with Gasteiger partial charge in [-0.2, -0.15) is 0 Å². The number of aromatic nitrogens is 2. The van der Waals surface area contributed by atoms with Crippen LogP contribution in [0.1, 0.15) is 38.8 Å². The number of nitrogens with zero attached hydrogens (tertiary/aromatic N) is 2. The Morgan fingerprint density at radius 1 is 0.529 bits per heavy atom. The molecule has 0 bridgehead atoms. The Balaban J connectivity index is 1.69. The van der Waals surface area contributed by atoms with Crippen LogP contribution in [0.3, 0.4) is 0 Å². The summed E-state index contributed by atoms with van der Waals surface area (Å²) >= 11 is 0. The van der Waals surface area contributed by atoms with Crippen molar-refractivity contribution in [1.82, 2.24) is 9.97 Å². The topological polar surface area (TPSA) is 25.8 Å². The minimum absolute atomic E-state index is 0.00530. The van der Waals surface area contributed by atoms with Gasteiger partial charge >= 0.3 is 0 Å². The van der Waals surface area contributed by atoms with E-state index in [9.17, 15) is 0 Å². The van der Waals surface area contributed by atoms with Crippen molar-refractivity contribution in [2.45, 2.75) is 38.5 Å². The van der Waals surface area contributed by atoms with Crippen LogP contribution in [-0.4, -0.2) is 9.97 Å². The first-order valence-electron chi connectivity index (χ1n) is 12.0. The Morgan fingerprint density at radius 3 is 1.97 bits per heavy atom. The second kappa shape index (κ2) is 7.36. The van der Waals surface area contributed by atoms with Crippen LogP contribution < -0.4 is 0 Å². The monoisotopic (exact) mass is 440 g/mol. The highest BCUT2D eigenvalue weighted by Gasteiger charge is 2.46. The van der Waals surface area contributed by atoms with E-state index in [1.54, 1.807) is 0 Å². The van der Waals surface area contributed by atoms with Crippen LogP contribution in [0.15, 0.2) is 97.1 Å². The van der Waals surface area contributed by atoms with Gasteiger partial charge in [0.25, 0.3) is 0 Å². The normalized spacial score (nSPS) is 15.5. The maximum atomic E-state index is 5.20. The van der Waals surface area contributed by atoms with Crippen LogP contribution >= 0.6 is 0 Å². The first-order valence-corrected chi connectivity index (χ1v) is 12.0. The van der Waals surface area contributed by atoms with Gasteiger partial charge in [-0.3, -0.25) is 0 Å². The molecule has 0 atom stereocenters. The van der Waals surface area contributed by atoms with Gasteiger partial charge in [-0.05, 0) is 39.2 Å². The third-order valence-corrected chi connectivity index (χ3v) is 8.06. The molecule has 34 heavy (non-hydrogen) atoms. The third kappa shape index (κ3) is 2.88. The summed E-state index contributed by atoms with van der Waals surface area (Å²) in [6, 6.07) is 34.2. The van der Waals surface area contributed by atoms with Gasteiger partial charge in [0.1, 0.15) is 0 Å². The van der Waals surface area contributed by atoms with Crippen LogP contribution in [0.25, 0.3) is 44.7 Å². The molecule has 5 aromatic rings. The standard InChI is InChI=1S/C32H28N2/c1-31(2)25-18-10-8-15-22(25)28-24(17-12-19-26(28)32(31,3)4)30-33-27-20-11-9-16-23(27)29(34-30)21-13-6-5-7-14-21/h5-20H,1-4H3. The van der Waals surface area contributed by atoms with E-state index in [1.807, 2.05) is 6.07 Å². The second-order valence-corrected chi connectivity index (χ2v) is 10.3. The fourth-order valence-electron chi connectivity index (χ4n) is 5.48. The molecule has 0 N–H and O–H groups in total. The van der Waals surface area contributed by atoms with Gasteiger partial charge in [0.15, 0.2) is 5.82 Å². The smallest absolute Gasteiger partial charge is 0.161 e. The summed E-state index contributed by atoms with van der Waals surface area (Å²) in [4.78, 5) is 10.3. The quantitative estimate of drug-likeness (QED) is 0.276. The second-order valence-electron chi connectivity index (χ2n) is 10.3. The zero-order valence-electron chi connectivity index (χ0n) is 20.1. The van der Waals surface area contributed by atoms with Crippen molar-refractivity contribution in [2.24, 2.45) is 0 Å². The Morgan fingerprint density at radius 2 is 1.15 bits per heavy atom. The summed E-state index contributed by atoms with van der Waals surface area (Å²) in [7, 11) is 0. The average molecular weight is 441 g/mol. The Bertz CT molecular complexity index is 1540. The van der Waals surface area contributed by atoms with Crippen LogP contribution in [-0.2, 0) is 10.8 Å². The number of rotatable bonds is 2. The molecule has 0 saturated heterocycles. The lowest BCUT2D eigenvalue weighted by Crippen LogP contribution is -2.43. The van der Waals surface area contributed by atoms with Gasteiger partial charge < -0.3 is 0 Å². The van der Waals surface area contributed by atoms with Crippen molar-refractivity contribution in [3.05, 3.63) is 108 Å². The molecule has 6 rings (SSSR count). The lowest BCUT2D eigenvalue weighted by atomic mass is 9.55. The van der Waals surface area contributed by atoms with E-state index in [4.69, 9.17) is 9.97 Å². The van der Waals surface area contributed by atoms with Crippen molar-refractivity contribution >= 4 is 10.9 Å². The molecule has 0 fully saturated rings. The van der Waals surface area contributed by atoms with E-state index in [2.05, 4.69) is 119 Å². The number of para-hydroxylation sites is 1. The maximum Gasteiger partial charge on any atom is 0.161 e. The molecule has 1 aliphatic rings. The van der Waals surface area contributed by atoms with Crippen molar-refractivity contribution in [1.29, 1.82) is 0 Å². The lowest BCUT2D eigenvalue weighted by Gasteiger charge is -2.48. The van der Waals surface area contributed by atoms with E-state index >= 15 is 0 Å². The zero-order valence-corrected chi connectivity index (χ0v) is 20.1. The molecule has 0 radical (unpaired) electrons. The van der Waals surface area contributed by atoms with Gasteiger partial charge in [0.2, 0.25) is 0 Å². The van der Waals surface area contributed by atoms with Gasteiger partial charge in [0, 0.05) is 16.5 Å². The Labute approximate surface area is 201 Å². The van der Waals surface area contributed by atoms with Crippen molar-refractivity contribution in [3.63, 3.8) is 0 Å². The molecule has 0 amide bonds. The van der Waals surface area contributed by atoms with Gasteiger partial charge in [0.05, 0.1) is 11.2 Å². The summed E-state index contributed by atoms with van der Waals surface area (Å²) in [5.41, 5.74) is 9.36. The summed E-state index contributed by atoms with van der Waals surface area (Å²) in [5.74, 6) is 0.778. The average Bonchev–Trinajstić information content (AvgIpc) is 2.87. The van der Waals surface area contributed by atoms with Crippen molar-refractivity contribution in [3.8, 4) is 33.8 Å². The predicted molar refractivity (Wildman–Crippen MR) is 142 cm³/mol. The van der Waals surface area contributed by atoms with Gasteiger partial charge in [-0.1, -0.05) is 119 Å². The zero-order chi connectivity index (χ0) is 23.5. The largest absolute Gasteiger partial charge is 0.228 e. The lowest BCUT2D eigenvalue weighted by molar-refractivity contribution is 0.299. The first kappa shape index (κ1) is 20.8. The highest BCUT2D eigenvalue weighted by molar-refractivity contribution is 5.95. The highest BCUT2D eigenvalue weighted by atomic mass is 14.9. The predicted octanol–water partition coefficient (Wildman–Crippen LogP) is 8.20. The summed E-state index contributed by atoms with van der Waals surface area (Å²) in [6.45, 7) is 9.45. The van der Waals surface area contributed by atoms with E-state index in [0.29, 0.717) is 0 Å². The van der Waals surface area contributed by atoms with E-state index in [0.717, 1.165) is 33.5 Å². The van der Waals surface area contributed by atoms with Gasteiger partial charge in [-0.25, -0.2) is 9.97 Å². The van der Waals surface area contributed by atoms with E-state index in [-0.39, 0.29) is 10.8 Å². The Kier molecular flexibility index (Phi) is 4.50. The fraction of sp³-hybridized carbons (Fsp3) is 0.188. The highest BCUT2D eigenvalue weighted by Crippen LogP contribution is 2.55. The minimum Gasteiger partial charge on any atom is -0.228 e. The molecule has 0 unspecified atom stereocenters. The molecule has 0 saturated carbocycles.